The molecule has 0 aromatic carbocycles. The van der Waals surface area contributed by atoms with E-state index in [4.69, 9.17) is 0 Å². The second-order valence-electron chi connectivity index (χ2n) is 5.01. The summed E-state index contributed by atoms with van der Waals surface area (Å²) in [6.07, 6.45) is 1.47. The molecule has 1 N–H and O–H groups in total. The third-order valence-electron chi connectivity index (χ3n) is 3.47. The number of amides is 1. The van der Waals surface area contributed by atoms with E-state index in [1.54, 1.807) is 14.0 Å². The van der Waals surface area contributed by atoms with Crippen LogP contribution >= 0.6 is 22.7 Å². The Balaban J connectivity index is 2.03. The summed E-state index contributed by atoms with van der Waals surface area (Å²) >= 11 is 2.66. The van der Waals surface area contributed by atoms with E-state index in [1.807, 2.05) is 13.8 Å². The lowest BCUT2D eigenvalue weighted by Crippen LogP contribution is -2.17. The van der Waals surface area contributed by atoms with Gasteiger partial charge in [0.2, 0.25) is 0 Å². The molecule has 0 bridgehead atoms. The first-order valence-corrected chi connectivity index (χ1v) is 8.22. The lowest BCUT2D eigenvalue weighted by atomic mass is 10.2. The Morgan fingerprint density at radius 1 is 1.27 bits per heavy atom. The van der Waals surface area contributed by atoms with E-state index in [9.17, 15) is 9.59 Å². The Morgan fingerprint density at radius 3 is 2.64 bits per heavy atom. The monoisotopic (exact) mass is 334 g/mol. The Labute approximate surface area is 134 Å². The first kappa shape index (κ1) is 14.9. The smallest absolute Gasteiger partial charge is 0.267 e. The number of anilines is 1. The number of thiazole rings is 1. The fraction of sp³-hybridized carbons (Fsp3) is 0.286. The van der Waals surface area contributed by atoms with Gasteiger partial charge in [-0.25, -0.2) is 9.97 Å². The van der Waals surface area contributed by atoms with Crippen molar-refractivity contribution >= 4 is 43.9 Å². The molecule has 3 rings (SSSR count). The van der Waals surface area contributed by atoms with Crippen LogP contribution in [0.5, 0.6) is 0 Å². The molecule has 6 nitrogen and oxygen atoms in total. The number of thiophene rings is 1. The van der Waals surface area contributed by atoms with Gasteiger partial charge in [0.05, 0.1) is 22.3 Å². The quantitative estimate of drug-likeness (QED) is 0.781. The molecule has 22 heavy (non-hydrogen) atoms. The molecule has 3 aromatic heterocycles. The first-order chi connectivity index (χ1) is 10.4. The van der Waals surface area contributed by atoms with Crippen molar-refractivity contribution in [1.82, 2.24) is 14.5 Å². The fourth-order valence-corrected chi connectivity index (χ4v) is 3.95. The van der Waals surface area contributed by atoms with Crippen LogP contribution in [0.4, 0.5) is 5.13 Å². The number of nitrogens with one attached hydrogen (secondary N) is 1. The maximum absolute atomic E-state index is 12.5. The summed E-state index contributed by atoms with van der Waals surface area (Å²) in [5.41, 5.74) is 1.43. The van der Waals surface area contributed by atoms with Crippen LogP contribution in [0.3, 0.4) is 0 Å². The second-order valence-corrected chi connectivity index (χ2v) is 7.21. The minimum atomic E-state index is -0.253. The van der Waals surface area contributed by atoms with Crippen molar-refractivity contribution in [2.75, 3.05) is 5.32 Å². The van der Waals surface area contributed by atoms with E-state index in [1.165, 1.54) is 33.6 Å². The van der Waals surface area contributed by atoms with Gasteiger partial charge in [-0.3, -0.25) is 14.9 Å². The standard InChI is InChI=1S/C14H14N4O2S2/c1-6-9-12(15-5-18(4)13(9)20)22-10(6)11(19)17-14-16-7(2)8(3)21-14/h5H,1-4H3,(H,16,17,19). The van der Waals surface area contributed by atoms with Crippen molar-refractivity contribution in [1.29, 1.82) is 0 Å². The highest BCUT2D eigenvalue weighted by Gasteiger charge is 2.20. The zero-order chi connectivity index (χ0) is 16.0. The SMILES string of the molecule is Cc1nc(NC(=O)c2sc3ncn(C)c(=O)c3c2C)sc1C. The lowest BCUT2D eigenvalue weighted by molar-refractivity contribution is 0.103. The Morgan fingerprint density at radius 2 is 2.00 bits per heavy atom. The molecule has 0 atom stereocenters. The number of aryl methyl sites for hydroxylation is 4. The van der Waals surface area contributed by atoms with Gasteiger partial charge in [0.1, 0.15) is 4.83 Å². The molecule has 0 saturated carbocycles. The van der Waals surface area contributed by atoms with Gasteiger partial charge in [0, 0.05) is 11.9 Å². The highest BCUT2D eigenvalue weighted by Crippen LogP contribution is 2.28. The summed E-state index contributed by atoms with van der Waals surface area (Å²) in [7, 11) is 1.65. The van der Waals surface area contributed by atoms with E-state index in [2.05, 4.69) is 15.3 Å². The largest absolute Gasteiger partial charge is 0.302 e. The van der Waals surface area contributed by atoms with E-state index in [0.717, 1.165) is 10.6 Å². The topological polar surface area (TPSA) is 76.9 Å². The fourth-order valence-electron chi connectivity index (χ4n) is 2.11. The summed E-state index contributed by atoms with van der Waals surface area (Å²) in [5.74, 6) is -0.253. The van der Waals surface area contributed by atoms with Gasteiger partial charge in [0.15, 0.2) is 5.13 Å². The zero-order valence-electron chi connectivity index (χ0n) is 12.6. The van der Waals surface area contributed by atoms with Gasteiger partial charge in [-0.2, -0.15) is 0 Å². The highest BCUT2D eigenvalue weighted by atomic mass is 32.1. The third kappa shape index (κ3) is 2.34. The number of nitrogens with zero attached hydrogens (tertiary/aromatic N) is 3. The molecular formula is C14H14N4O2S2. The van der Waals surface area contributed by atoms with Crippen molar-refractivity contribution in [3.63, 3.8) is 0 Å². The van der Waals surface area contributed by atoms with Gasteiger partial charge in [-0.1, -0.05) is 0 Å². The van der Waals surface area contributed by atoms with Crippen molar-refractivity contribution in [3.05, 3.63) is 37.7 Å². The Bertz CT molecular complexity index is 932. The van der Waals surface area contributed by atoms with Crippen LogP contribution in [0.2, 0.25) is 0 Å². The molecule has 0 aliphatic heterocycles. The molecule has 8 heteroatoms. The molecule has 3 aromatic rings. The van der Waals surface area contributed by atoms with Crippen molar-refractivity contribution in [2.24, 2.45) is 7.05 Å². The van der Waals surface area contributed by atoms with Crippen LogP contribution in [-0.2, 0) is 7.05 Å². The molecule has 0 radical (unpaired) electrons. The van der Waals surface area contributed by atoms with Crippen LogP contribution in [0.15, 0.2) is 11.1 Å². The number of hydrogen-bond donors (Lipinski definition) is 1. The predicted octanol–water partition coefficient (Wildman–Crippen LogP) is 2.63. The van der Waals surface area contributed by atoms with E-state index >= 15 is 0 Å². The number of carbonyl (C=O) groups excluding carboxylic acids is 1. The van der Waals surface area contributed by atoms with E-state index in [0.29, 0.717) is 25.8 Å². The molecule has 0 aliphatic carbocycles. The molecule has 0 fully saturated rings. The van der Waals surface area contributed by atoms with Gasteiger partial charge in [-0.15, -0.1) is 22.7 Å². The Kier molecular flexibility index (Phi) is 3.57. The molecule has 1 amide bonds. The summed E-state index contributed by atoms with van der Waals surface area (Å²) in [6.45, 7) is 5.63. The zero-order valence-corrected chi connectivity index (χ0v) is 14.2. The lowest BCUT2D eigenvalue weighted by Gasteiger charge is -2.00. The normalized spacial score (nSPS) is 11.1. The van der Waals surface area contributed by atoms with Crippen LogP contribution in [0.25, 0.3) is 10.2 Å². The number of hydrogen-bond acceptors (Lipinski definition) is 6. The van der Waals surface area contributed by atoms with Gasteiger partial charge >= 0.3 is 0 Å². The molecule has 0 unspecified atom stereocenters. The highest BCUT2D eigenvalue weighted by molar-refractivity contribution is 7.21. The van der Waals surface area contributed by atoms with Crippen molar-refractivity contribution in [3.8, 4) is 0 Å². The summed E-state index contributed by atoms with van der Waals surface area (Å²) in [5, 5.41) is 3.87. The van der Waals surface area contributed by atoms with E-state index < -0.39 is 0 Å². The molecular weight excluding hydrogens is 320 g/mol. The average Bonchev–Trinajstić information content (AvgIpc) is 2.95. The average molecular weight is 334 g/mol. The van der Waals surface area contributed by atoms with Crippen LogP contribution in [-0.4, -0.2) is 20.4 Å². The maximum atomic E-state index is 12.5. The van der Waals surface area contributed by atoms with Crippen molar-refractivity contribution < 1.29 is 4.79 Å². The van der Waals surface area contributed by atoms with Crippen molar-refractivity contribution in [2.45, 2.75) is 20.8 Å². The number of aromatic nitrogens is 3. The first-order valence-electron chi connectivity index (χ1n) is 6.58. The predicted molar refractivity (Wildman–Crippen MR) is 89.1 cm³/mol. The maximum Gasteiger partial charge on any atom is 0.267 e. The summed E-state index contributed by atoms with van der Waals surface area (Å²) in [4.78, 5) is 35.3. The van der Waals surface area contributed by atoms with Gasteiger partial charge < -0.3 is 4.57 Å². The molecule has 114 valence electrons. The van der Waals surface area contributed by atoms with Gasteiger partial charge in [-0.05, 0) is 26.3 Å². The molecule has 0 spiro atoms. The third-order valence-corrected chi connectivity index (χ3v) is 5.65. The summed E-state index contributed by atoms with van der Waals surface area (Å²) in [6, 6.07) is 0. The second kappa shape index (κ2) is 5.29. The van der Waals surface area contributed by atoms with Crippen LogP contribution in [0.1, 0.15) is 25.8 Å². The number of rotatable bonds is 2. The minimum Gasteiger partial charge on any atom is -0.302 e. The van der Waals surface area contributed by atoms with E-state index in [-0.39, 0.29) is 11.5 Å². The summed E-state index contributed by atoms with van der Waals surface area (Å²) < 4.78 is 1.41. The molecule has 0 aliphatic rings. The van der Waals surface area contributed by atoms with Crippen LogP contribution in [0, 0.1) is 20.8 Å². The van der Waals surface area contributed by atoms with Gasteiger partial charge in [0.25, 0.3) is 11.5 Å². The molecule has 0 saturated heterocycles. The minimum absolute atomic E-state index is 0.140. The number of carbonyl (C=O) groups is 1. The van der Waals surface area contributed by atoms with Crippen LogP contribution < -0.4 is 10.9 Å². The molecule has 3 heterocycles. The Hall–Kier alpha value is -2.06. The number of fused-ring (bicyclic) bond motifs is 1.